The number of rotatable bonds is 28. The predicted octanol–water partition coefficient (Wildman–Crippen LogP) is -2.86. The number of aliphatic carboxylic acids is 1. The van der Waals surface area contributed by atoms with E-state index in [4.69, 9.17) is 22.9 Å². The molecule has 0 rings (SSSR count). The molecule has 0 radical (unpaired) electrons. The minimum absolute atomic E-state index is 0.0405. The summed E-state index contributed by atoms with van der Waals surface area (Å²) in [6, 6.07) is -7.31. The maximum absolute atomic E-state index is 13.5. The van der Waals surface area contributed by atoms with Gasteiger partial charge in [-0.25, -0.2) is 4.79 Å². The molecule has 0 aromatic rings. The smallest absolute Gasteiger partial charge is 0.326 e. The number of aliphatic hydroxyl groups excluding tert-OH is 1. The number of carboxylic acid groups (broad SMARTS) is 1. The molecule has 0 bridgehead atoms. The second kappa shape index (κ2) is 26.3. The van der Waals surface area contributed by atoms with E-state index in [-0.39, 0.29) is 44.4 Å². The Kier molecular flexibility index (Phi) is 24.5. The van der Waals surface area contributed by atoms with E-state index in [2.05, 4.69) is 26.6 Å². The number of amides is 6. The summed E-state index contributed by atoms with van der Waals surface area (Å²) in [6.07, 6.45) is 4.17. The largest absolute Gasteiger partial charge is 0.480 e. The summed E-state index contributed by atoms with van der Waals surface area (Å²) < 4.78 is 0. The molecule has 288 valence electrons. The molecule has 0 aliphatic heterocycles. The van der Waals surface area contributed by atoms with E-state index in [1.165, 1.54) is 11.8 Å². The van der Waals surface area contributed by atoms with Crippen molar-refractivity contribution in [3.63, 3.8) is 0 Å². The highest BCUT2D eigenvalue weighted by molar-refractivity contribution is 7.98. The SMILES string of the molecule is CSCC[C@H](NC(=O)[C@H](CCCCN)NC(=O)[C@H](CO)NC(=O)[C@H](CC(C)C)NC(=O)[C@@H](N)CCC(N)=O)C(=O)N[C@@H](CCCCN)C(=O)O. The number of carbonyl (C=O) groups is 7. The van der Waals surface area contributed by atoms with Crippen LogP contribution in [0.4, 0.5) is 0 Å². The van der Waals surface area contributed by atoms with Gasteiger partial charge in [0.05, 0.1) is 12.6 Å². The van der Waals surface area contributed by atoms with Crippen LogP contribution in [-0.4, -0.2) is 120 Å². The van der Waals surface area contributed by atoms with Crippen molar-refractivity contribution in [2.24, 2.45) is 28.9 Å². The van der Waals surface area contributed by atoms with Crippen molar-refractivity contribution in [3.8, 4) is 0 Å². The van der Waals surface area contributed by atoms with Gasteiger partial charge in [-0.2, -0.15) is 11.8 Å². The van der Waals surface area contributed by atoms with Gasteiger partial charge >= 0.3 is 5.97 Å². The molecule has 0 saturated heterocycles. The Hall–Kier alpha value is -3.52. The van der Waals surface area contributed by atoms with Gasteiger partial charge < -0.3 is 59.7 Å². The van der Waals surface area contributed by atoms with E-state index >= 15 is 0 Å². The summed E-state index contributed by atoms with van der Waals surface area (Å²) in [5.41, 5.74) is 22.1. The summed E-state index contributed by atoms with van der Waals surface area (Å²) >= 11 is 1.41. The first-order chi connectivity index (χ1) is 23.6. The molecule has 0 saturated carbocycles. The molecule has 18 nitrogen and oxygen atoms in total. The Balaban J connectivity index is 5.89. The number of aliphatic hydroxyl groups is 1. The average molecular weight is 734 g/mol. The van der Waals surface area contributed by atoms with Gasteiger partial charge in [0.1, 0.15) is 30.2 Å². The lowest BCUT2D eigenvalue weighted by molar-refractivity contribution is -0.142. The number of thioether (sulfide) groups is 1. The highest BCUT2D eigenvalue weighted by Crippen LogP contribution is 2.09. The quantitative estimate of drug-likeness (QED) is 0.0361. The van der Waals surface area contributed by atoms with E-state index in [0.717, 1.165) is 0 Å². The third kappa shape index (κ3) is 19.6. The first-order valence-corrected chi connectivity index (χ1v) is 18.3. The van der Waals surface area contributed by atoms with Crippen molar-refractivity contribution in [2.75, 3.05) is 31.7 Å². The van der Waals surface area contributed by atoms with Gasteiger partial charge in [-0.3, -0.25) is 28.8 Å². The monoisotopic (exact) mass is 733 g/mol. The van der Waals surface area contributed by atoms with Crippen LogP contribution in [0, 0.1) is 5.92 Å². The standard InChI is InChI=1S/C31H59N9O9S/c1-18(2)16-23(39-26(43)19(34)10-11-25(35)42)29(46)40-24(17-41)30(47)36-20(8-4-6-13-32)27(44)37-21(12-15-50-3)28(45)38-22(31(48)49)9-5-7-14-33/h18-24,41H,4-17,32-34H2,1-3H3,(H2,35,42)(H,36,47)(H,37,44)(H,38,45)(H,39,43)(H,40,46)(H,48,49)/t19-,20-,21-,22-,23-,24-/m0/s1. The highest BCUT2D eigenvalue weighted by Gasteiger charge is 2.32. The number of nitrogens with two attached hydrogens (primary N) is 4. The van der Waals surface area contributed by atoms with Crippen molar-refractivity contribution in [3.05, 3.63) is 0 Å². The number of carboxylic acids is 1. The minimum Gasteiger partial charge on any atom is -0.480 e. The Bertz CT molecular complexity index is 1100. The van der Waals surface area contributed by atoms with Gasteiger partial charge in [0.2, 0.25) is 35.4 Å². The molecule has 0 unspecified atom stereocenters. The van der Waals surface area contributed by atoms with Crippen molar-refractivity contribution in [1.29, 1.82) is 0 Å². The van der Waals surface area contributed by atoms with Crippen LogP contribution in [0.3, 0.4) is 0 Å². The molecular weight excluding hydrogens is 674 g/mol. The third-order valence-corrected chi connectivity index (χ3v) is 8.22. The molecule has 15 N–H and O–H groups in total. The molecular formula is C31H59N9O9S. The fraction of sp³-hybridized carbons (Fsp3) is 0.774. The average Bonchev–Trinajstić information content (AvgIpc) is 3.05. The number of hydrogen-bond donors (Lipinski definition) is 11. The third-order valence-electron chi connectivity index (χ3n) is 7.58. The predicted molar refractivity (Wildman–Crippen MR) is 189 cm³/mol. The lowest BCUT2D eigenvalue weighted by Gasteiger charge is -2.27. The van der Waals surface area contributed by atoms with Crippen molar-refractivity contribution < 1.29 is 43.8 Å². The number of primary amides is 1. The summed E-state index contributed by atoms with van der Waals surface area (Å²) in [6.45, 7) is 3.43. The van der Waals surface area contributed by atoms with E-state index in [1.807, 2.05) is 0 Å². The van der Waals surface area contributed by atoms with Gasteiger partial charge in [0.15, 0.2) is 0 Å². The van der Waals surface area contributed by atoms with Gasteiger partial charge in [-0.05, 0) is 88.8 Å². The molecule has 0 aromatic heterocycles. The fourth-order valence-corrected chi connectivity index (χ4v) is 5.18. The zero-order valence-electron chi connectivity index (χ0n) is 29.4. The normalized spacial score (nSPS) is 14.7. The Morgan fingerprint density at radius 2 is 1.08 bits per heavy atom. The molecule has 6 amide bonds. The maximum atomic E-state index is 13.5. The van der Waals surface area contributed by atoms with Gasteiger partial charge in [-0.1, -0.05) is 13.8 Å². The van der Waals surface area contributed by atoms with E-state index in [9.17, 15) is 43.8 Å². The number of nitrogens with one attached hydrogen (secondary N) is 5. The second-order valence-electron chi connectivity index (χ2n) is 12.4. The maximum Gasteiger partial charge on any atom is 0.326 e. The minimum atomic E-state index is -1.53. The van der Waals surface area contributed by atoms with Crippen LogP contribution in [0.2, 0.25) is 0 Å². The molecule has 0 aliphatic carbocycles. The van der Waals surface area contributed by atoms with E-state index < -0.39 is 84.3 Å². The summed E-state index contributed by atoms with van der Waals surface area (Å²) in [5, 5.41) is 32.2. The van der Waals surface area contributed by atoms with Gasteiger partial charge in [0, 0.05) is 6.42 Å². The van der Waals surface area contributed by atoms with Crippen LogP contribution in [0.25, 0.3) is 0 Å². The molecule has 0 aromatic carbocycles. The molecule has 0 fully saturated rings. The van der Waals surface area contributed by atoms with Crippen LogP contribution < -0.4 is 49.5 Å². The first kappa shape index (κ1) is 46.5. The lowest BCUT2D eigenvalue weighted by atomic mass is 10.0. The number of hydrogen-bond acceptors (Lipinski definition) is 12. The zero-order valence-corrected chi connectivity index (χ0v) is 30.2. The fourth-order valence-electron chi connectivity index (χ4n) is 4.71. The second-order valence-corrected chi connectivity index (χ2v) is 13.4. The van der Waals surface area contributed by atoms with Crippen molar-refractivity contribution in [2.45, 2.75) is 114 Å². The summed E-state index contributed by atoms with van der Waals surface area (Å²) in [4.78, 5) is 88.7. The van der Waals surface area contributed by atoms with Gasteiger partial charge in [-0.15, -0.1) is 0 Å². The molecule has 0 heterocycles. The Morgan fingerprint density at radius 1 is 0.640 bits per heavy atom. The molecule has 6 atom stereocenters. The van der Waals surface area contributed by atoms with Crippen molar-refractivity contribution >= 4 is 53.2 Å². The topological polar surface area (TPSA) is 324 Å². The van der Waals surface area contributed by atoms with Crippen molar-refractivity contribution in [1.82, 2.24) is 26.6 Å². The van der Waals surface area contributed by atoms with Crippen LogP contribution in [0.5, 0.6) is 0 Å². The van der Waals surface area contributed by atoms with Crippen LogP contribution in [0.15, 0.2) is 0 Å². The number of carbonyl (C=O) groups excluding carboxylic acids is 6. The zero-order chi connectivity index (χ0) is 38.2. The molecule has 0 aliphatic rings. The summed E-state index contributed by atoms with van der Waals surface area (Å²) in [5.74, 6) is -5.34. The Labute approximate surface area is 298 Å². The summed E-state index contributed by atoms with van der Waals surface area (Å²) in [7, 11) is 0. The van der Waals surface area contributed by atoms with Crippen LogP contribution in [-0.2, 0) is 33.6 Å². The van der Waals surface area contributed by atoms with Crippen LogP contribution >= 0.6 is 11.8 Å². The van der Waals surface area contributed by atoms with E-state index in [1.54, 1.807) is 20.1 Å². The first-order valence-electron chi connectivity index (χ1n) is 16.9. The molecule has 50 heavy (non-hydrogen) atoms. The molecule has 0 spiro atoms. The molecule has 19 heteroatoms. The van der Waals surface area contributed by atoms with E-state index in [0.29, 0.717) is 44.5 Å². The van der Waals surface area contributed by atoms with Crippen LogP contribution in [0.1, 0.15) is 78.1 Å². The lowest BCUT2D eigenvalue weighted by Crippen LogP contribution is -2.60. The number of unbranched alkanes of at least 4 members (excludes halogenated alkanes) is 2. The highest BCUT2D eigenvalue weighted by atomic mass is 32.2. The Morgan fingerprint density at radius 3 is 1.54 bits per heavy atom. The van der Waals surface area contributed by atoms with Gasteiger partial charge in [0.25, 0.3) is 0 Å².